The van der Waals surface area contributed by atoms with Crippen LogP contribution in [-0.4, -0.2) is 18.5 Å². The molecular weight excluding hydrogens is 226 g/mol. The standard InChI is InChI=1S/C15H17NS/c1-15(13-7-8-17-10-13)11-16(2)9-12-5-3-4-6-14(12)15/h3-8,10H,9,11H2,1-2H3. The number of thiophene rings is 1. The van der Waals surface area contributed by atoms with Gasteiger partial charge in [0.15, 0.2) is 0 Å². The molecule has 1 atom stereocenters. The molecular formula is C15H17NS. The van der Waals surface area contributed by atoms with Crippen LogP contribution in [0.1, 0.15) is 23.6 Å². The molecule has 2 heterocycles. The topological polar surface area (TPSA) is 3.24 Å². The fraction of sp³-hybridized carbons (Fsp3) is 0.333. The highest BCUT2D eigenvalue weighted by molar-refractivity contribution is 7.08. The zero-order chi connectivity index (χ0) is 11.9. The normalized spacial score (nSPS) is 24.6. The predicted molar refractivity (Wildman–Crippen MR) is 73.5 cm³/mol. The van der Waals surface area contributed by atoms with Gasteiger partial charge in [0.25, 0.3) is 0 Å². The highest BCUT2D eigenvalue weighted by Gasteiger charge is 2.35. The van der Waals surface area contributed by atoms with Gasteiger partial charge >= 0.3 is 0 Å². The van der Waals surface area contributed by atoms with Crippen molar-refractivity contribution in [1.29, 1.82) is 0 Å². The Balaban J connectivity index is 2.18. The second-order valence-electron chi connectivity index (χ2n) is 5.17. The second-order valence-corrected chi connectivity index (χ2v) is 5.95. The Bertz CT molecular complexity index is 517. The van der Waals surface area contributed by atoms with Gasteiger partial charge in [0.1, 0.15) is 0 Å². The fourth-order valence-corrected chi connectivity index (χ4v) is 3.78. The van der Waals surface area contributed by atoms with E-state index in [9.17, 15) is 0 Å². The zero-order valence-corrected chi connectivity index (χ0v) is 11.1. The van der Waals surface area contributed by atoms with Gasteiger partial charge in [-0.3, -0.25) is 0 Å². The molecule has 17 heavy (non-hydrogen) atoms. The third kappa shape index (κ3) is 1.72. The minimum Gasteiger partial charge on any atom is -0.301 e. The number of nitrogens with zero attached hydrogens (tertiary/aromatic N) is 1. The van der Waals surface area contributed by atoms with Crippen LogP contribution in [0.15, 0.2) is 41.1 Å². The smallest absolute Gasteiger partial charge is 0.0313 e. The van der Waals surface area contributed by atoms with Crippen LogP contribution in [0, 0.1) is 0 Å². The van der Waals surface area contributed by atoms with Crippen molar-refractivity contribution in [3.8, 4) is 0 Å². The minimum atomic E-state index is 0.142. The highest BCUT2D eigenvalue weighted by Crippen LogP contribution is 2.39. The van der Waals surface area contributed by atoms with E-state index in [1.165, 1.54) is 16.7 Å². The Labute approximate surface area is 107 Å². The van der Waals surface area contributed by atoms with Crippen molar-refractivity contribution in [1.82, 2.24) is 4.90 Å². The average Bonchev–Trinajstić information content (AvgIpc) is 2.82. The van der Waals surface area contributed by atoms with Crippen molar-refractivity contribution in [2.75, 3.05) is 13.6 Å². The molecule has 1 aromatic carbocycles. The monoisotopic (exact) mass is 243 g/mol. The van der Waals surface area contributed by atoms with Crippen molar-refractivity contribution in [3.05, 3.63) is 57.8 Å². The average molecular weight is 243 g/mol. The Morgan fingerprint density at radius 3 is 2.82 bits per heavy atom. The van der Waals surface area contributed by atoms with E-state index in [0.717, 1.165) is 13.1 Å². The van der Waals surface area contributed by atoms with Crippen LogP contribution in [0.4, 0.5) is 0 Å². The minimum absolute atomic E-state index is 0.142. The van der Waals surface area contributed by atoms with Crippen LogP contribution in [0.3, 0.4) is 0 Å². The summed E-state index contributed by atoms with van der Waals surface area (Å²) in [6.07, 6.45) is 0. The molecule has 0 bridgehead atoms. The van der Waals surface area contributed by atoms with Gasteiger partial charge in [-0.05, 0) is 40.6 Å². The summed E-state index contributed by atoms with van der Waals surface area (Å²) in [5.41, 5.74) is 4.55. The fourth-order valence-electron chi connectivity index (χ4n) is 2.99. The Morgan fingerprint density at radius 1 is 1.24 bits per heavy atom. The molecule has 1 aliphatic heterocycles. The summed E-state index contributed by atoms with van der Waals surface area (Å²) in [5, 5.41) is 4.47. The first-order chi connectivity index (χ1) is 8.20. The molecule has 0 saturated carbocycles. The van der Waals surface area contributed by atoms with E-state index in [-0.39, 0.29) is 5.41 Å². The predicted octanol–water partition coefficient (Wildman–Crippen LogP) is 3.50. The number of benzene rings is 1. The number of fused-ring (bicyclic) bond motifs is 1. The third-order valence-corrected chi connectivity index (χ3v) is 4.48. The van der Waals surface area contributed by atoms with Crippen molar-refractivity contribution in [2.45, 2.75) is 18.9 Å². The summed E-state index contributed by atoms with van der Waals surface area (Å²) in [6, 6.07) is 11.1. The summed E-state index contributed by atoms with van der Waals surface area (Å²) in [4.78, 5) is 2.42. The molecule has 0 spiro atoms. The van der Waals surface area contributed by atoms with E-state index in [2.05, 4.69) is 60.0 Å². The summed E-state index contributed by atoms with van der Waals surface area (Å²) in [6.45, 7) is 4.53. The zero-order valence-electron chi connectivity index (χ0n) is 10.3. The first-order valence-electron chi connectivity index (χ1n) is 6.00. The van der Waals surface area contributed by atoms with Gasteiger partial charge < -0.3 is 4.90 Å². The second kappa shape index (κ2) is 3.97. The number of rotatable bonds is 1. The maximum absolute atomic E-state index is 2.42. The lowest BCUT2D eigenvalue weighted by Crippen LogP contribution is -2.42. The van der Waals surface area contributed by atoms with Gasteiger partial charge in [-0.25, -0.2) is 0 Å². The quantitative estimate of drug-likeness (QED) is 0.741. The van der Waals surface area contributed by atoms with E-state index in [4.69, 9.17) is 0 Å². The highest BCUT2D eigenvalue weighted by atomic mass is 32.1. The Morgan fingerprint density at radius 2 is 2.06 bits per heavy atom. The molecule has 1 aromatic heterocycles. The van der Waals surface area contributed by atoms with E-state index in [1.54, 1.807) is 11.3 Å². The summed E-state index contributed by atoms with van der Waals surface area (Å²) in [5.74, 6) is 0. The van der Waals surface area contributed by atoms with E-state index in [0.29, 0.717) is 0 Å². The molecule has 1 aliphatic rings. The SMILES string of the molecule is CN1Cc2ccccc2C(C)(c2ccsc2)C1. The number of hydrogen-bond donors (Lipinski definition) is 0. The first kappa shape index (κ1) is 11.0. The van der Waals surface area contributed by atoms with Crippen molar-refractivity contribution < 1.29 is 0 Å². The molecule has 1 nitrogen and oxygen atoms in total. The van der Waals surface area contributed by atoms with Gasteiger partial charge in [0.05, 0.1) is 0 Å². The van der Waals surface area contributed by atoms with Gasteiger partial charge in [-0.1, -0.05) is 31.2 Å². The molecule has 0 amide bonds. The Kier molecular flexibility index (Phi) is 2.57. The van der Waals surface area contributed by atoms with Crippen molar-refractivity contribution in [2.24, 2.45) is 0 Å². The van der Waals surface area contributed by atoms with Crippen LogP contribution < -0.4 is 0 Å². The van der Waals surface area contributed by atoms with Crippen LogP contribution in [0.2, 0.25) is 0 Å². The molecule has 1 unspecified atom stereocenters. The molecule has 88 valence electrons. The maximum Gasteiger partial charge on any atom is 0.0313 e. The lowest BCUT2D eigenvalue weighted by atomic mass is 9.73. The van der Waals surface area contributed by atoms with Crippen LogP contribution in [-0.2, 0) is 12.0 Å². The van der Waals surface area contributed by atoms with Crippen LogP contribution in [0.5, 0.6) is 0 Å². The maximum atomic E-state index is 2.42. The van der Waals surface area contributed by atoms with Crippen molar-refractivity contribution >= 4 is 11.3 Å². The van der Waals surface area contributed by atoms with Gasteiger partial charge in [0, 0.05) is 18.5 Å². The largest absolute Gasteiger partial charge is 0.301 e. The lowest BCUT2D eigenvalue weighted by Gasteiger charge is -2.40. The Hall–Kier alpha value is -1.12. The van der Waals surface area contributed by atoms with Crippen LogP contribution in [0.25, 0.3) is 0 Å². The van der Waals surface area contributed by atoms with Crippen LogP contribution >= 0.6 is 11.3 Å². The van der Waals surface area contributed by atoms with E-state index in [1.807, 2.05) is 0 Å². The molecule has 3 rings (SSSR count). The van der Waals surface area contributed by atoms with E-state index < -0.39 is 0 Å². The molecule has 2 aromatic rings. The molecule has 0 aliphatic carbocycles. The molecule has 0 fully saturated rings. The first-order valence-corrected chi connectivity index (χ1v) is 6.94. The molecule has 0 N–H and O–H groups in total. The van der Waals surface area contributed by atoms with Gasteiger partial charge in [-0.2, -0.15) is 11.3 Å². The summed E-state index contributed by atoms with van der Waals surface area (Å²) in [7, 11) is 2.21. The van der Waals surface area contributed by atoms with Crippen molar-refractivity contribution in [3.63, 3.8) is 0 Å². The molecule has 0 saturated heterocycles. The summed E-state index contributed by atoms with van der Waals surface area (Å²) < 4.78 is 0. The molecule has 2 heteroatoms. The van der Waals surface area contributed by atoms with Gasteiger partial charge in [-0.15, -0.1) is 0 Å². The number of likely N-dealkylation sites (N-methyl/N-ethyl adjacent to an activating group) is 1. The summed E-state index contributed by atoms with van der Waals surface area (Å²) >= 11 is 1.79. The van der Waals surface area contributed by atoms with E-state index >= 15 is 0 Å². The van der Waals surface area contributed by atoms with Gasteiger partial charge in [0.2, 0.25) is 0 Å². The molecule has 0 radical (unpaired) electrons. The number of hydrogen-bond acceptors (Lipinski definition) is 2. The lowest BCUT2D eigenvalue weighted by molar-refractivity contribution is 0.248. The third-order valence-electron chi connectivity index (χ3n) is 3.80.